The van der Waals surface area contributed by atoms with Gasteiger partial charge in [0.15, 0.2) is 23.4 Å². The van der Waals surface area contributed by atoms with E-state index < -0.39 is 43.4 Å². The number of rotatable bonds is 3. The second kappa shape index (κ2) is 7.12. The zero-order valence-electron chi connectivity index (χ0n) is 17.9. The number of nitrogens with zero attached hydrogens (tertiary/aromatic N) is 1. The summed E-state index contributed by atoms with van der Waals surface area (Å²) in [7, 11) is 2.15. The minimum Gasteiger partial charge on any atom is -0.477 e. The van der Waals surface area contributed by atoms with Crippen molar-refractivity contribution in [3.05, 3.63) is 23.3 Å². The maximum atomic E-state index is 13.0. The number of hydrogen-bond donors (Lipinski definition) is 4. The number of likely N-dealkylation sites (tertiary alicyclic amines) is 1. The molecule has 1 spiro atoms. The van der Waals surface area contributed by atoms with Crippen molar-refractivity contribution < 1.29 is 39.4 Å². The molecule has 2 aliphatic carbocycles. The fraction of sp³-hybridized carbons (Fsp3) is 0.696. The van der Waals surface area contributed by atoms with Gasteiger partial charge in [-0.2, -0.15) is 0 Å². The van der Waals surface area contributed by atoms with E-state index in [1.807, 2.05) is 6.07 Å². The number of aliphatic hydroxyl groups is 4. The third kappa shape index (κ3) is 2.58. The normalized spacial score (nSPS) is 44.7. The molecular formula is C23H29NO8. The van der Waals surface area contributed by atoms with E-state index in [0.717, 1.165) is 36.9 Å². The van der Waals surface area contributed by atoms with E-state index >= 15 is 0 Å². The van der Waals surface area contributed by atoms with Crippen molar-refractivity contribution in [2.75, 3.05) is 20.2 Å². The molecule has 1 aromatic carbocycles. The molecule has 9 heteroatoms. The molecule has 3 unspecified atom stereocenters. The van der Waals surface area contributed by atoms with Crippen LogP contribution in [0.4, 0.5) is 0 Å². The molecule has 32 heavy (non-hydrogen) atoms. The van der Waals surface area contributed by atoms with Crippen LogP contribution in [0.2, 0.25) is 0 Å². The number of aliphatic hydroxyl groups excluding tert-OH is 4. The van der Waals surface area contributed by atoms with Crippen LogP contribution < -0.4 is 9.47 Å². The zero-order chi connectivity index (χ0) is 22.4. The minimum atomic E-state index is -1.53. The van der Waals surface area contributed by atoms with Gasteiger partial charge in [-0.15, -0.1) is 0 Å². The summed E-state index contributed by atoms with van der Waals surface area (Å²) < 4.78 is 17.8. The molecule has 3 fully saturated rings. The highest BCUT2D eigenvalue weighted by atomic mass is 16.7. The van der Waals surface area contributed by atoms with Gasteiger partial charge in [0.25, 0.3) is 0 Å². The lowest BCUT2D eigenvalue weighted by atomic mass is 9.52. The van der Waals surface area contributed by atoms with Crippen molar-refractivity contribution in [1.29, 1.82) is 0 Å². The number of piperidine rings is 1. The minimum absolute atomic E-state index is 0.118. The Hall–Kier alpha value is -1.75. The highest BCUT2D eigenvalue weighted by molar-refractivity contribution is 5.89. The lowest BCUT2D eigenvalue weighted by Crippen LogP contribution is -2.65. The SMILES string of the molecule is CN1CCC23c4c5ccc(OC6O[C@H](CO)[C@@H](O)[C@H](O)[C@H]6O)c4O[C@H]2C(=O)CC[C@H]3C1C5. The molecule has 0 aromatic heterocycles. The molecule has 3 heterocycles. The van der Waals surface area contributed by atoms with Gasteiger partial charge in [0, 0.05) is 23.4 Å². The third-order valence-electron chi connectivity index (χ3n) is 8.46. The van der Waals surface area contributed by atoms with Crippen LogP contribution in [0.15, 0.2) is 12.1 Å². The van der Waals surface area contributed by atoms with Crippen LogP contribution in [0.1, 0.15) is 30.4 Å². The van der Waals surface area contributed by atoms with Gasteiger partial charge in [-0.05, 0) is 50.4 Å². The van der Waals surface area contributed by atoms with Gasteiger partial charge >= 0.3 is 0 Å². The first kappa shape index (κ1) is 20.8. The Balaban J connectivity index is 1.41. The van der Waals surface area contributed by atoms with Crippen LogP contribution in [-0.2, 0) is 21.4 Å². The average Bonchev–Trinajstić information content (AvgIpc) is 3.14. The van der Waals surface area contributed by atoms with E-state index in [1.165, 1.54) is 0 Å². The van der Waals surface area contributed by atoms with E-state index in [0.29, 0.717) is 29.9 Å². The summed E-state index contributed by atoms with van der Waals surface area (Å²) in [6.07, 6.45) is -4.32. The van der Waals surface area contributed by atoms with Gasteiger partial charge in [0.1, 0.15) is 24.4 Å². The van der Waals surface area contributed by atoms with Crippen LogP contribution in [-0.4, -0.2) is 94.2 Å². The number of carbonyl (C=O) groups is 1. The van der Waals surface area contributed by atoms with Crippen molar-refractivity contribution in [2.24, 2.45) is 5.92 Å². The van der Waals surface area contributed by atoms with E-state index in [-0.39, 0.29) is 11.2 Å². The number of hydrogen-bond acceptors (Lipinski definition) is 9. The number of ketones is 1. The molecule has 2 saturated heterocycles. The van der Waals surface area contributed by atoms with Crippen molar-refractivity contribution in [1.82, 2.24) is 4.90 Å². The van der Waals surface area contributed by atoms with Crippen LogP contribution >= 0.6 is 0 Å². The predicted octanol–water partition coefficient (Wildman–Crippen LogP) is -0.897. The molecule has 3 aliphatic heterocycles. The fourth-order valence-electron chi connectivity index (χ4n) is 6.89. The number of likely N-dealkylation sites (N-methyl/N-ethyl adjacent to an activating group) is 1. The van der Waals surface area contributed by atoms with Crippen molar-refractivity contribution in [3.63, 3.8) is 0 Å². The molecule has 0 radical (unpaired) electrons. The average molecular weight is 447 g/mol. The highest BCUT2D eigenvalue weighted by Gasteiger charge is 2.65. The van der Waals surface area contributed by atoms with Gasteiger partial charge in [-0.3, -0.25) is 4.79 Å². The molecule has 1 saturated carbocycles. The predicted molar refractivity (Wildman–Crippen MR) is 109 cm³/mol. The van der Waals surface area contributed by atoms with Crippen molar-refractivity contribution >= 4 is 5.78 Å². The Morgan fingerprint density at radius 2 is 2.03 bits per heavy atom. The van der Waals surface area contributed by atoms with Crippen molar-refractivity contribution in [2.45, 2.75) is 73.9 Å². The van der Waals surface area contributed by atoms with Crippen LogP contribution in [0.3, 0.4) is 0 Å². The second-order valence-electron chi connectivity index (χ2n) is 9.89. The molecule has 2 bridgehead atoms. The smallest absolute Gasteiger partial charge is 0.229 e. The number of benzene rings is 1. The van der Waals surface area contributed by atoms with Gasteiger partial charge < -0.3 is 39.5 Å². The van der Waals surface area contributed by atoms with Gasteiger partial charge in [0.05, 0.1) is 6.61 Å². The Kier molecular flexibility index (Phi) is 4.64. The standard InChI is InChI=1S/C23H29NO8/c1-24-7-6-23-11-3-4-13(26)21(23)32-20-14(5-2-10(16(20)23)8-12(11)24)30-22-19(29)18(28)17(27)15(9-25)31-22/h2,5,11-12,15,17-19,21-22,25,27-29H,3-4,6-9H2,1H3/t11-,12?,15+,17+,18-,19+,21-,22?,23?/m0/s1. The summed E-state index contributed by atoms with van der Waals surface area (Å²) in [4.78, 5) is 15.4. The molecule has 174 valence electrons. The topological polar surface area (TPSA) is 129 Å². The number of carbonyl (C=O) groups excluding carboxylic acids is 1. The maximum Gasteiger partial charge on any atom is 0.229 e. The molecule has 1 aromatic rings. The van der Waals surface area contributed by atoms with E-state index in [2.05, 4.69) is 11.9 Å². The van der Waals surface area contributed by atoms with Gasteiger partial charge in [-0.25, -0.2) is 0 Å². The fourth-order valence-corrected chi connectivity index (χ4v) is 6.89. The molecule has 9 atom stereocenters. The van der Waals surface area contributed by atoms with Crippen LogP contribution in [0.25, 0.3) is 0 Å². The summed E-state index contributed by atoms with van der Waals surface area (Å²) in [5.74, 6) is 1.31. The van der Waals surface area contributed by atoms with E-state index in [9.17, 15) is 25.2 Å². The molecule has 6 rings (SSSR count). The first-order valence-corrected chi connectivity index (χ1v) is 11.4. The Labute approximate surface area is 185 Å². The summed E-state index contributed by atoms with van der Waals surface area (Å²) >= 11 is 0. The lowest BCUT2D eigenvalue weighted by molar-refractivity contribution is -0.277. The zero-order valence-corrected chi connectivity index (χ0v) is 17.9. The van der Waals surface area contributed by atoms with E-state index in [4.69, 9.17) is 14.2 Å². The first-order valence-electron chi connectivity index (χ1n) is 11.4. The molecule has 9 nitrogen and oxygen atoms in total. The Morgan fingerprint density at radius 3 is 2.81 bits per heavy atom. The van der Waals surface area contributed by atoms with E-state index in [1.54, 1.807) is 6.07 Å². The van der Waals surface area contributed by atoms with Crippen LogP contribution in [0, 0.1) is 5.92 Å². The van der Waals surface area contributed by atoms with Crippen molar-refractivity contribution in [3.8, 4) is 11.5 Å². The molecular weight excluding hydrogens is 418 g/mol. The number of Topliss-reactive ketones (excluding diaryl/α,β-unsaturated/α-hetero) is 1. The first-order chi connectivity index (χ1) is 15.4. The molecule has 0 amide bonds. The van der Waals surface area contributed by atoms with Gasteiger partial charge in [0.2, 0.25) is 6.29 Å². The quantitative estimate of drug-likeness (QED) is 0.466. The Bertz CT molecular complexity index is 952. The molecule has 5 aliphatic rings. The second-order valence-corrected chi connectivity index (χ2v) is 9.89. The Morgan fingerprint density at radius 1 is 1.22 bits per heavy atom. The maximum absolute atomic E-state index is 13.0. The lowest BCUT2D eigenvalue weighted by Gasteiger charge is -2.57. The third-order valence-corrected chi connectivity index (χ3v) is 8.46. The molecule has 4 N–H and O–H groups in total. The summed E-state index contributed by atoms with van der Waals surface area (Å²) in [5, 5.41) is 40.0. The highest BCUT2D eigenvalue weighted by Crippen LogP contribution is 2.63. The largest absolute Gasteiger partial charge is 0.477 e. The summed E-state index contributed by atoms with van der Waals surface area (Å²) in [6, 6.07) is 4.12. The summed E-state index contributed by atoms with van der Waals surface area (Å²) in [5.41, 5.74) is 1.85. The van der Waals surface area contributed by atoms with Gasteiger partial charge in [-0.1, -0.05) is 6.07 Å². The number of ether oxygens (including phenoxy) is 3. The summed E-state index contributed by atoms with van der Waals surface area (Å²) in [6.45, 7) is 0.361. The monoisotopic (exact) mass is 447 g/mol. The van der Waals surface area contributed by atoms with Crippen LogP contribution in [0.5, 0.6) is 11.5 Å².